The Morgan fingerprint density at radius 3 is 2.36 bits per heavy atom. The maximum absolute atomic E-state index is 6.26. The van der Waals surface area contributed by atoms with Crippen LogP contribution < -0.4 is 11.1 Å². The molecule has 1 atom stereocenters. The Morgan fingerprint density at radius 2 is 1.86 bits per heavy atom. The molecule has 1 rings (SSSR count). The van der Waals surface area contributed by atoms with Gasteiger partial charge in [-0.1, -0.05) is 32.4 Å². The predicted molar refractivity (Wildman–Crippen MR) is 99.4 cm³/mol. The molecule has 0 fully saturated rings. The first kappa shape index (κ1) is 19.3. The molecule has 1 aromatic heterocycles. The summed E-state index contributed by atoms with van der Waals surface area (Å²) in [6.07, 6.45) is 0. The third kappa shape index (κ3) is 4.37. The van der Waals surface area contributed by atoms with Crippen LogP contribution in [0.5, 0.6) is 0 Å². The number of hydrogen-bond donors (Lipinski definition) is 2. The van der Waals surface area contributed by atoms with E-state index in [2.05, 4.69) is 51.1 Å². The average Bonchev–Trinajstić information content (AvgIpc) is 2.38. The van der Waals surface area contributed by atoms with Gasteiger partial charge in [0.2, 0.25) is 0 Å². The van der Waals surface area contributed by atoms with E-state index in [1.54, 1.807) is 0 Å². The van der Waals surface area contributed by atoms with Crippen molar-refractivity contribution in [3.05, 3.63) is 16.4 Å². The van der Waals surface area contributed by atoms with Gasteiger partial charge in [0, 0.05) is 11.7 Å². The van der Waals surface area contributed by atoms with Crippen molar-refractivity contribution in [1.82, 2.24) is 4.98 Å². The van der Waals surface area contributed by atoms with Crippen molar-refractivity contribution in [1.29, 1.82) is 0 Å². The van der Waals surface area contributed by atoms with Gasteiger partial charge >= 0.3 is 0 Å². The summed E-state index contributed by atoms with van der Waals surface area (Å²) in [6.45, 7) is 17.9. The zero-order valence-electron chi connectivity index (χ0n) is 15.1. The van der Waals surface area contributed by atoms with E-state index in [1.165, 1.54) is 0 Å². The summed E-state index contributed by atoms with van der Waals surface area (Å²) < 4.78 is 6.26. The fourth-order valence-electron chi connectivity index (χ4n) is 1.80. The summed E-state index contributed by atoms with van der Waals surface area (Å²) in [5.41, 5.74) is 9.35. The van der Waals surface area contributed by atoms with Crippen LogP contribution in [0, 0.1) is 13.8 Å². The fraction of sp³-hybridized carbons (Fsp3) is 0.688. The van der Waals surface area contributed by atoms with Crippen molar-refractivity contribution in [3.8, 4) is 0 Å². The Bertz CT molecular complexity index is 515. The van der Waals surface area contributed by atoms with Gasteiger partial charge in [-0.05, 0) is 44.5 Å². The molecule has 0 aliphatic rings. The molecule has 0 aliphatic heterocycles. The van der Waals surface area contributed by atoms with E-state index in [0.29, 0.717) is 17.4 Å². The molecular weight excluding hydrogens is 314 g/mol. The van der Waals surface area contributed by atoms with Gasteiger partial charge in [-0.25, -0.2) is 4.98 Å². The van der Waals surface area contributed by atoms with Crippen LogP contribution in [0.2, 0.25) is 23.3 Å². The quantitative estimate of drug-likeness (QED) is 0.598. The van der Waals surface area contributed by atoms with Crippen LogP contribution in [-0.4, -0.2) is 26.0 Å². The summed E-state index contributed by atoms with van der Waals surface area (Å²) in [7, 11) is -1.74. The van der Waals surface area contributed by atoms with Gasteiger partial charge in [-0.2, -0.15) is 0 Å². The molecule has 1 aromatic rings. The number of hydrogen-bond acceptors (Lipinski definition) is 4. The van der Waals surface area contributed by atoms with Gasteiger partial charge in [0.05, 0.1) is 18.0 Å². The highest BCUT2D eigenvalue weighted by Crippen LogP contribution is 2.37. The SMILES string of the molecule is Cc1nc(Cl)c(N)c(N[C@@H](C)CO[Si](C)(C)C(C)(C)C)c1C. The first-order valence-corrected chi connectivity index (χ1v) is 11.0. The maximum atomic E-state index is 6.26. The highest BCUT2D eigenvalue weighted by atomic mass is 35.5. The molecule has 0 saturated heterocycles. The van der Waals surface area contributed by atoms with Crippen LogP contribution in [0.15, 0.2) is 0 Å². The van der Waals surface area contributed by atoms with Crippen LogP contribution in [0.1, 0.15) is 39.0 Å². The zero-order chi connectivity index (χ0) is 17.3. The third-order valence-corrected chi connectivity index (χ3v) is 9.36. The summed E-state index contributed by atoms with van der Waals surface area (Å²) in [4.78, 5) is 4.23. The number of nitrogens with zero attached hydrogens (tertiary/aromatic N) is 1. The second-order valence-corrected chi connectivity index (χ2v) is 12.7. The highest BCUT2D eigenvalue weighted by Gasteiger charge is 2.37. The minimum Gasteiger partial charge on any atom is -0.415 e. The number of nitrogens with one attached hydrogen (secondary N) is 1. The van der Waals surface area contributed by atoms with E-state index >= 15 is 0 Å². The molecule has 1 heterocycles. The van der Waals surface area contributed by atoms with Crippen LogP contribution in [0.4, 0.5) is 11.4 Å². The van der Waals surface area contributed by atoms with Crippen molar-refractivity contribution in [3.63, 3.8) is 0 Å². The maximum Gasteiger partial charge on any atom is 0.192 e. The van der Waals surface area contributed by atoms with E-state index in [1.807, 2.05) is 13.8 Å². The van der Waals surface area contributed by atoms with Crippen molar-refractivity contribution < 1.29 is 4.43 Å². The van der Waals surface area contributed by atoms with Gasteiger partial charge in [0.25, 0.3) is 0 Å². The molecule has 0 saturated carbocycles. The number of anilines is 2. The van der Waals surface area contributed by atoms with Crippen molar-refractivity contribution >= 4 is 31.3 Å². The lowest BCUT2D eigenvalue weighted by Gasteiger charge is -2.37. The smallest absolute Gasteiger partial charge is 0.192 e. The predicted octanol–water partition coefficient (Wildman–Crippen LogP) is 4.76. The van der Waals surface area contributed by atoms with E-state index in [9.17, 15) is 0 Å². The molecular formula is C16H30ClN3OSi. The minimum absolute atomic E-state index is 0.146. The number of aromatic nitrogens is 1. The molecule has 0 radical (unpaired) electrons. The summed E-state index contributed by atoms with van der Waals surface area (Å²) in [6, 6.07) is 0.146. The van der Waals surface area contributed by atoms with Crippen LogP contribution in [0.25, 0.3) is 0 Å². The Balaban J connectivity index is 2.81. The Labute approximate surface area is 140 Å². The molecule has 6 heteroatoms. The molecule has 22 heavy (non-hydrogen) atoms. The third-order valence-electron chi connectivity index (χ3n) is 4.57. The molecule has 0 aromatic carbocycles. The van der Waals surface area contributed by atoms with Gasteiger partial charge in [-0.3, -0.25) is 0 Å². The zero-order valence-corrected chi connectivity index (χ0v) is 16.9. The van der Waals surface area contributed by atoms with Crippen molar-refractivity contribution in [2.45, 2.75) is 65.7 Å². The summed E-state index contributed by atoms with van der Waals surface area (Å²) >= 11 is 6.08. The molecule has 0 aliphatic carbocycles. The summed E-state index contributed by atoms with van der Waals surface area (Å²) in [5, 5.41) is 3.99. The first-order chi connectivity index (χ1) is 9.86. The number of nitrogen functional groups attached to an aromatic ring is 1. The first-order valence-electron chi connectivity index (χ1n) is 7.69. The van der Waals surface area contributed by atoms with Crippen LogP contribution >= 0.6 is 11.6 Å². The van der Waals surface area contributed by atoms with E-state index < -0.39 is 8.32 Å². The number of pyridine rings is 1. The lowest BCUT2D eigenvalue weighted by molar-refractivity contribution is 0.276. The van der Waals surface area contributed by atoms with Crippen molar-refractivity contribution in [2.24, 2.45) is 0 Å². The lowest BCUT2D eigenvalue weighted by Crippen LogP contribution is -2.43. The highest BCUT2D eigenvalue weighted by molar-refractivity contribution is 6.74. The molecule has 0 bridgehead atoms. The van der Waals surface area contributed by atoms with E-state index in [4.69, 9.17) is 21.8 Å². The largest absolute Gasteiger partial charge is 0.415 e. The Kier molecular flexibility index (Phi) is 5.92. The van der Waals surface area contributed by atoms with E-state index in [-0.39, 0.29) is 11.1 Å². The van der Waals surface area contributed by atoms with E-state index in [0.717, 1.165) is 16.9 Å². The summed E-state index contributed by atoms with van der Waals surface area (Å²) in [5.74, 6) is 0. The Morgan fingerprint density at radius 1 is 1.32 bits per heavy atom. The normalized spacial score (nSPS) is 14.0. The number of aryl methyl sites for hydroxylation is 1. The molecule has 0 amide bonds. The lowest BCUT2D eigenvalue weighted by atomic mass is 10.1. The topological polar surface area (TPSA) is 60.2 Å². The second kappa shape index (κ2) is 6.77. The minimum atomic E-state index is -1.74. The molecule has 126 valence electrons. The van der Waals surface area contributed by atoms with Crippen molar-refractivity contribution in [2.75, 3.05) is 17.7 Å². The molecule has 4 nitrogen and oxygen atoms in total. The van der Waals surface area contributed by atoms with Gasteiger partial charge in [0.1, 0.15) is 0 Å². The van der Waals surface area contributed by atoms with Gasteiger partial charge in [-0.15, -0.1) is 0 Å². The standard InChI is InChI=1S/C16H30ClN3OSi/c1-10(9-21-22(7,8)16(4,5)6)19-14-11(2)12(3)20-15(17)13(14)18/h10H,9,18H2,1-8H3,(H,19,20)/t10-/m0/s1. The average molecular weight is 344 g/mol. The Hall–Kier alpha value is -0.783. The monoisotopic (exact) mass is 343 g/mol. The molecule has 0 unspecified atom stereocenters. The molecule has 3 N–H and O–H groups in total. The fourth-order valence-corrected chi connectivity index (χ4v) is 3.12. The second-order valence-electron chi connectivity index (χ2n) is 7.52. The number of rotatable bonds is 5. The number of nitrogens with two attached hydrogens (primary N) is 1. The number of halogens is 1. The van der Waals surface area contributed by atoms with Gasteiger partial charge < -0.3 is 15.5 Å². The van der Waals surface area contributed by atoms with Crippen LogP contribution in [0.3, 0.4) is 0 Å². The molecule has 0 spiro atoms. The van der Waals surface area contributed by atoms with Crippen LogP contribution in [-0.2, 0) is 4.43 Å². The van der Waals surface area contributed by atoms with Gasteiger partial charge in [0.15, 0.2) is 13.5 Å².